The van der Waals surface area contributed by atoms with Crippen molar-refractivity contribution in [2.24, 2.45) is 5.92 Å². The molecule has 26 heavy (non-hydrogen) atoms. The molecule has 2 aromatic rings. The number of carbonyl (C=O) groups is 1. The van der Waals surface area contributed by atoms with Crippen LogP contribution in [0.15, 0.2) is 42.5 Å². The van der Waals surface area contributed by atoms with Crippen molar-refractivity contribution in [3.63, 3.8) is 0 Å². The molecule has 2 aromatic carbocycles. The highest BCUT2D eigenvalue weighted by molar-refractivity contribution is 5.92. The fourth-order valence-electron chi connectivity index (χ4n) is 4.48. The fourth-order valence-corrected chi connectivity index (χ4v) is 4.48. The lowest BCUT2D eigenvalue weighted by Crippen LogP contribution is -2.30. The molecule has 0 radical (unpaired) electrons. The number of carboxylic acid groups (broad SMARTS) is 1. The van der Waals surface area contributed by atoms with E-state index in [-0.39, 0.29) is 12.8 Å². The normalized spacial score (nSPS) is 24.7. The van der Waals surface area contributed by atoms with Gasteiger partial charge in [-0.25, -0.2) is 4.79 Å². The second-order valence-electron chi connectivity index (χ2n) is 7.10. The lowest BCUT2D eigenvalue weighted by molar-refractivity contribution is 0.0696. The van der Waals surface area contributed by atoms with Crippen molar-refractivity contribution in [2.75, 3.05) is 12.1 Å². The largest absolute Gasteiger partial charge is 0.478 e. The maximum atomic E-state index is 11.5. The van der Waals surface area contributed by atoms with Crippen LogP contribution in [0, 0.1) is 12.8 Å². The van der Waals surface area contributed by atoms with Crippen LogP contribution in [0.2, 0.25) is 0 Å². The summed E-state index contributed by atoms with van der Waals surface area (Å²) < 4.78 is 11.0. The van der Waals surface area contributed by atoms with E-state index in [1.807, 2.05) is 25.1 Å². The molecule has 2 heterocycles. The maximum Gasteiger partial charge on any atom is 0.336 e. The van der Waals surface area contributed by atoms with E-state index >= 15 is 0 Å². The van der Waals surface area contributed by atoms with Gasteiger partial charge in [-0.05, 0) is 54.2 Å². The molecule has 5 heteroatoms. The Labute approximate surface area is 151 Å². The number of aromatic carboxylic acids is 1. The van der Waals surface area contributed by atoms with Crippen LogP contribution in [-0.4, -0.2) is 17.9 Å². The Morgan fingerprint density at radius 2 is 2.04 bits per heavy atom. The second kappa shape index (κ2) is 5.53. The number of carboxylic acids is 1. The zero-order chi connectivity index (χ0) is 17.8. The molecular formula is C21H19NO4. The molecule has 1 aliphatic carbocycles. The summed E-state index contributed by atoms with van der Waals surface area (Å²) in [5.74, 6) is 1.35. The SMILES string of the molecule is Cc1c(C(=O)O)ccc2c1N[C@@H](c1ccc3c(c1)OCO3)[C@H]1CC=C[C@@H]21. The number of allylic oxidation sites excluding steroid dienone is 2. The highest BCUT2D eigenvalue weighted by Gasteiger charge is 2.39. The molecule has 0 unspecified atom stereocenters. The van der Waals surface area contributed by atoms with E-state index in [2.05, 4.69) is 23.5 Å². The third kappa shape index (κ3) is 2.13. The fraction of sp³-hybridized carbons (Fsp3) is 0.286. The molecule has 132 valence electrons. The molecule has 5 nitrogen and oxygen atoms in total. The summed E-state index contributed by atoms with van der Waals surface area (Å²) >= 11 is 0. The smallest absolute Gasteiger partial charge is 0.336 e. The van der Waals surface area contributed by atoms with Gasteiger partial charge in [-0.3, -0.25) is 0 Å². The van der Waals surface area contributed by atoms with Gasteiger partial charge in [0.1, 0.15) is 0 Å². The van der Waals surface area contributed by atoms with Gasteiger partial charge in [0.15, 0.2) is 11.5 Å². The van der Waals surface area contributed by atoms with Crippen LogP contribution in [0.4, 0.5) is 5.69 Å². The number of benzene rings is 2. The average molecular weight is 349 g/mol. The zero-order valence-corrected chi connectivity index (χ0v) is 14.4. The summed E-state index contributed by atoms with van der Waals surface area (Å²) in [6.07, 6.45) is 5.48. The van der Waals surface area contributed by atoms with E-state index < -0.39 is 5.97 Å². The summed E-state index contributed by atoms with van der Waals surface area (Å²) in [7, 11) is 0. The Kier molecular flexibility index (Phi) is 3.26. The first-order valence-electron chi connectivity index (χ1n) is 8.83. The van der Waals surface area contributed by atoms with Gasteiger partial charge < -0.3 is 19.9 Å². The molecule has 0 aromatic heterocycles. The summed E-state index contributed by atoms with van der Waals surface area (Å²) in [6, 6.07) is 9.84. The number of ether oxygens (including phenoxy) is 2. The van der Waals surface area contributed by atoms with Crippen LogP contribution < -0.4 is 14.8 Å². The van der Waals surface area contributed by atoms with Crippen LogP contribution in [0.25, 0.3) is 0 Å². The van der Waals surface area contributed by atoms with Gasteiger partial charge in [-0.15, -0.1) is 0 Å². The van der Waals surface area contributed by atoms with Crippen molar-refractivity contribution in [3.05, 3.63) is 64.7 Å². The van der Waals surface area contributed by atoms with E-state index in [0.717, 1.165) is 34.7 Å². The first-order valence-corrected chi connectivity index (χ1v) is 8.83. The molecule has 5 rings (SSSR count). The van der Waals surface area contributed by atoms with Gasteiger partial charge in [-0.2, -0.15) is 0 Å². The Morgan fingerprint density at radius 3 is 2.88 bits per heavy atom. The summed E-state index contributed by atoms with van der Waals surface area (Å²) in [4.78, 5) is 11.5. The summed E-state index contributed by atoms with van der Waals surface area (Å²) in [5, 5.41) is 13.1. The molecular weight excluding hydrogens is 330 g/mol. The molecule has 0 bridgehead atoms. The van der Waals surface area contributed by atoms with Gasteiger partial charge >= 0.3 is 5.97 Å². The minimum atomic E-state index is -0.893. The van der Waals surface area contributed by atoms with Crippen LogP contribution in [0.3, 0.4) is 0 Å². The third-order valence-electron chi connectivity index (χ3n) is 5.78. The van der Waals surface area contributed by atoms with E-state index in [4.69, 9.17) is 9.47 Å². The van der Waals surface area contributed by atoms with Crippen molar-refractivity contribution in [1.29, 1.82) is 0 Å². The first kappa shape index (κ1) is 15.3. The highest BCUT2D eigenvalue weighted by Crippen LogP contribution is 2.51. The van der Waals surface area contributed by atoms with Crippen LogP contribution >= 0.6 is 0 Å². The van der Waals surface area contributed by atoms with Crippen molar-refractivity contribution in [1.82, 2.24) is 0 Å². The molecule has 2 aliphatic heterocycles. The minimum Gasteiger partial charge on any atom is -0.478 e. The number of hydrogen-bond acceptors (Lipinski definition) is 4. The van der Waals surface area contributed by atoms with E-state index in [1.165, 1.54) is 5.56 Å². The molecule has 3 atom stereocenters. The standard InChI is InChI=1S/C21H19NO4/c1-11-13(21(23)24)6-7-16-14-3-2-4-15(14)20(22-19(11)16)12-5-8-17-18(9-12)26-10-25-17/h2-3,5-9,14-15,20,22H,4,10H2,1H3,(H,23,24)/t14-,15+,20+/m1/s1. The van der Waals surface area contributed by atoms with Gasteiger partial charge in [-0.1, -0.05) is 24.3 Å². The van der Waals surface area contributed by atoms with E-state index in [1.54, 1.807) is 6.07 Å². The van der Waals surface area contributed by atoms with Crippen LogP contribution in [0.5, 0.6) is 11.5 Å². The van der Waals surface area contributed by atoms with Gasteiger partial charge in [0.2, 0.25) is 6.79 Å². The number of anilines is 1. The second-order valence-corrected chi connectivity index (χ2v) is 7.10. The Morgan fingerprint density at radius 1 is 1.19 bits per heavy atom. The molecule has 0 amide bonds. The third-order valence-corrected chi connectivity index (χ3v) is 5.78. The van der Waals surface area contributed by atoms with E-state index in [9.17, 15) is 9.90 Å². The van der Waals surface area contributed by atoms with Gasteiger partial charge in [0.05, 0.1) is 11.6 Å². The average Bonchev–Trinajstić information content (AvgIpc) is 3.30. The monoisotopic (exact) mass is 349 g/mol. The van der Waals surface area contributed by atoms with Crippen LogP contribution in [0.1, 0.15) is 45.4 Å². The molecule has 0 saturated carbocycles. The Hall–Kier alpha value is -2.95. The maximum absolute atomic E-state index is 11.5. The Bertz CT molecular complexity index is 949. The Balaban J connectivity index is 1.61. The van der Waals surface area contributed by atoms with Crippen molar-refractivity contribution < 1.29 is 19.4 Å². The number of hydrogen-bond donors (Lipinski definition) is 2. The molecule has 0 saturated heterocycles. The number of fused-ring (bicyclic) bond motifs is 4. The summed E-state index contributed by atoms with van der Waals surface area (Å²) in [6.45, 7) is 2.14. The van der Waals surface area contributed by atoms with Gasteiger partial charge in [0.25, 0.3) is 0 Å². The predicted molar refractivity (Wildman–Crippen MR) is 97.1 cm³/mol. The topological polar surface area (TPSA) is 67.8 Å². The molecule has 2 N–H and O–H groups in total. The van der Waals surface area contributed by atoms with Crippen LogP contribution in [-0.2, 0) is 0 Å². The predicted octanol–water partition coefficient (Wildman–Crippen LogP) is 4.25. The number of rotatable bonds is 2. The zero-order valence-electron chi connectivity index (χ0n) is 14.4. The lowest BCUT2D eigenvalue weighted by atomic mass is 9.76. The first-order chi connectivity index (χ1) is 12.6. The minimum absolute atomic E-state index is 0.0970. The van der Waals surface area contributed by atoms with Gasteiger partial charge in [0, 0.05) is 11.6 Å². The quantitative estimate of drug-likeness (QED) is 0.794. The lowest BCUT2D eigenvalue weighted by Gasteiger charge is -2.38. The van der Waals surface area contributed by atoms with Crippen molar-refractivity contribution >= 4 is 11.7 Å². The molecule has 3 aliphatic rings. The highest BCUT2D eigenvalue weighted by atomic mass is 16.7. The van der Waals surface area contributed by atoms with Crippen molar-refractivity contribution in [2.45, 2.75) is 25.3 Å². The molecule has 0 fully saturated rings. The molecule has 0 spiro atoms. The van der Waals surface area contributed by atoms with E-state index in [0.29, 0.717) is 17.4 Å². The number of nitrogens with one attached hydrogen (secondary N) is 1. The summed E-state index contributed by atoms with van der Waals surface area (Å²) in [5.41, 5.74) is 4.41. The van der Waals surface area contributed by atoms with Crippen molar-refractivity contribution in [3.8, 4) is 11.5 Å².